The van der Waals surface area contributed by atoms with E-state index in [0.29, 0.717) is 0 Å². The topological polar surface area (TPSA) is 90.2 Å². The fourth-order valence-corrected chi connectivity index (χ4v) is 2.96. The van der Waals surface area contributed by atoms with E-state index in [-0.39, 0.29) is 6.61 Å². The van der Waals surface area contributed by atoms with Crippen molar-refractivity contribution < 1.29 is 25.2 Å². The molecule has 0 amide bonds. The summed E-state index contributed by atoms with van der Waals surface area (Å²) >= 11 is 5.41. The average molecular weight is 270 g/mol. The minimum absolute atomic E-state index is 0.380. The summed E-state index contributed by atoms with van der Waals surface area (Å²) in [5.74, 6) is 1.48. The molecule has 0 saturated carbocycles. The summed E-state index contributed by atoms with van der Waals surface area (Å²) in [6.07, 6.45) is -3.64. The molecule has 0 unspecified atom stereocenters. The molecule has 4 N–H and O–H groups in total. The van der Waals surface area contributed by atoms with Gasteiger partial charge in [0.05, 0.1) is 6.61 Å². The summed E-state index contributed by atoms with van der Waals surface area (Å²) in [7, 11) is 0. The molecule has 0 radical (unpaired) electrons. The lowest BCUT2D eigenvalue weighted by atomic mass is 10.0. The summed E-state index contributed by atoms with van der Waals surface area (Å²) in [5.41, 5.74) is -0.615. The van der Waals surface area contributed by atoms with E-state index in [1.807, 2.05) is 0 Å². The van der Waals surface area contributed by atoms with Crippen LogP contribution in [0.25, 0.3) is 0 Å². The van der Waals surface area contributed by atoms with Gasteiger partial charge in [-0.15, -0.1) is 11.8 Å². The van der Waals surface area contributed by atoms with Gasteiger partial charge in [-0.3, -0.25) is 0 Å². The number of hydrogen-bond donors (Lipinski definition) is 5. The molecule has 0 aliphatic carbocycles. The summed E-state index contributed by atoms with van der Waals surface area (Å²) in [5, 5.41) is 37.7. The monoisotopic (exact) mass is 270 g/mol. The second kappa shape index (κ2) is 7.05. The Morgan fingerprint density at radius 2 is 1.81 bits per heavy atom. The fourth-order valence-electron chi connectivity index (χ4n) is 1.47. The van der Waals surface area contributed by atoms with Gasteiger partial charge in [-0.05, 0) is 17.9 Å². The molecule has 0 aromatic rings. The Labute approximate surface area is 104 Å². The van der Waals surface area contributed by atoms with Crippen LogP contribution in [0, 0.1) is 0 Å². The van der Waals surface area contributed by atoms with Crippen LogP contribution >= 0.6 is 24.4 Å². The Hall–Kier alpha value is 0.500. The predicted octanol–water partition coefficient (Wildman–Crippen LogP) is -1.16. The highest BCUT2D eigenvalue weighted by Crippen LogP contribution is 2.28. The van der Waals surface area contributed by atoms with Gasteiger partial charge in [0.1, 0.15) is 29.9 Å². The Morgan fingerprint density at radius 3 is 2.38 bits per heavy atom. The molecule has 1 heterocycles. The van der Waals surface area contributed by atoms with Crippen molar-refractivity contribution in [2.75, 3.05) is 18.1 Å². The van der Waals surface area contributed by atoms with E-state index in [1.54, 1.807) is 0 Å². The van der Waals surface area contributed by atoms with Gasteiger partial charge in [-0.1, -0.05) is 0 Å². The van der Waals surface area contributed by atoms with Crippen molar-refractivity contribution in [3.05, 3.63) is 0 Å². The number of hydrogen-bond acceptors (Lipinski definition) is 7. The summed E-state index contributed by atoms with van der Waals surface area (Å²) < 4.78 is 5.31. The Morgan fingerprint density at radius 1 is 1.12 bits per heavy atom. The van der Waals surface area contributed by atoms with Crippen LogP contribution in [0.2, 0.25) is 0 Å². The number of thioether (sulfide) groups is 1. The fraction of sp³-hybridized carbons (Fsp3) is 1.00. The summed E-state index contributed by atoms with van der Waals surface area (Å²) in [6, 6.07) is 0. The van der Waals surface area contributed by atoms with Gasteiger partial charge >= 0.3 is 0 Å². The normalized spacial score (nSPS) is 39.9. The van der Waals surface area contributed by atoms with Crippen molar-refractivity contribution in [1.82, 2.24) is 0 Å². The van der Waals surface area contributed by atoms with Crippen molar-refractivity contribution in [2.24, 2.45) is 0 Å². The second-order valence-electron chi connectivity index (χ2n) is 3.65. The molecule has 0 bridgehead atoms. The highest BCUT2D eigenvalue weighted by atomic mass is 32.2. The van der Waals surface area contributed by atoms with Crippen LogP contribution in [-0.2, 0) is 4.74 Å². The first kappa shape index (κ1) is 14.6. The number of ether oxygens (including phenoxy) is 1. The Balaban J connectivity index is 2.50. The average Bonchev–Trinajstić information content (AvgIpc) is 2.29. The lowest BCUT2D eigenvalue weighted by Gasteiger charge is -2.39. The van der Waals surface area contributed by atoms with Crippen LogP contribution in [0.4, 0.5) is 0 Å². The molecule has 96 valence electrons. The van der Waals surface area contributed by atoms with Gasteiger partial charge in [0.2, 0.25) is 0 Å². The third-order valence-electron chi connectivity index (χ3n) is 2.43. The van der Waals surface area contributed by atoms with E-state index < -0.39 is 29.9 Å². The third kappa shape index (κ3) is 3.49. The zero-order valence-corrected chi connectivity index (χ0v) is 10.5. The van der Waals surface area contributed by atoms with Crippen LogP contribution < -0.4 is 0 Å². The van der Waals surface area contributed by atoms with E-state index in [9.17, 15) is 15.3 Å². The molecule has 1 fully saturated rings. The van der Waals surface area contributed by atoms with Crippen LogP contribution in [0.5, 0.6) is 0 Å². The number of aliphatic hydroxyl groups is 4. The molecule has 1 aliphatic heterocycles. The van der Waals surface area contributed by atoms with Crippen LogP contribution in [0.15, 0.2) is 0 Å². The van der Waals surface area contributed by atoms with Crippen LogP contribution in [0.1, 0.15) is 6.42 Å². The van der Waals surface area contributed by atoms with Crippen molar-refractivity contribution >= 4 is 24.4 Å². The molecular weight excluding hydrogens is 252 g/mol. The SMILES string of the molecule is OC[C@H]1O[C@@H](SCCCS)[C@H](O)[C@@H](O)[C@@H]1O. The van der Waals surface area contributed by atoms with Crippen molar-refractivity contribution in [2.45, 2.75) is 36.3 Å². The first-order chi connectivity index (χ1) is 7.61. The maximum absolute atomic E-state index is 9.66. The van der Waals surface area contributed by atoms with Gasteiger partial charge in [-0.25, -0.2) is 0 Å². The zero-order chi connectivity index (χ0) is 12.1. The second-order valence-corrected chi connectivity index (χ2v) is 5.30. The van der Waals surface area contributed by atoms with E-state index in [1.165, 1.54) is 11.8 Å². The van der Waals surface area contributed by atoms with E-state index in [2.05, 4.69) is 12.6 Å². The maximum atomic E-state index is 9.66. The van der Waals surface area contributed by atoms with Gasteiger partial charge in [0.15, 0.2) is 0 Å². The van der Waals surface area contributed by atoms with Crippen molar-refractivity contribution in [3.63, 3.8) is 0 Å². The largest absolute Gasteiger partial charge is 0.394 e. The molecule has 1 aliphatic rings. The zero-order valence-electron chi connectivity index (χ0n) is 8.77. The maximum Gasteiger partial charge on any atom is 0.132 e. The van der Waals surface area contributed by atoms with Gasteiger partial charge in [-0.2, -0.15) is 12.6 Å². The Bertz CT molecular complexity index is 204. The number of aliphatic hydroxyl groups excluding tert-OH is 4. The van der Waals surface area contributed by atoms with Gasteiger partial charge < -0.3 is 25.2 Å². The molecule has 5 nitrogen and oxygen atoms in total. The molecular formula is C9H18O5S2. The molecule has 16 heavy (non-hydrogen) atoms. The molecule has 5 atom stereocenters. The lowest BCUT2D eigenvalue weighted by Crippen LogP contribution is -2.57. The van der Waals surface area contributed by atoms with E-state index in [0.717, 1.165) is 17.9 Å². The highest BCUT2D eigenvalue weighted by Gasteiger charge is 2.43. The Kier molecular flexibility index (Phi) is 6.42. The molecule has 1 rings (SSSR count). The number of rotatable bonds is 5. The van der Waals surface area contributed by atoms with E-state index in [4.69, 9.17) is 9.84 Å². The quantitative estimate of drug-likeness (QED) is 0.320. The van der Waals surface area contributed by atoms with Crippen LogP contribution in [0.3, 0.4) is 0 Å². The first-order valence-electron chi connectivity index (χ1n) is 5.14. The molecule has 1 saturated heterocycles. The van der Waals surface area contributed by atoms with Crippen molar-refractivity contribution in [3.8, 4) is 0 Å². The van der Waals surface area contributed by atoms with Gasteiger partial charge in [0.25, 0.3) is 0 Å². The molecule has 0 aromatic carbocycles. The smallest absolute Gasteiger partial charge is 0.132 e. The highest BCUT2D eigenvalue weighted by molar-refractivity contribution is 7.99. The van der Waals surface area contributed by atoms with E-state index >= 15 is 0 Å². The molecule has 0 spiro atoms. The third-order valence-corrected chi connectivity index (χ3v) is 3.99. The first-order valence-corrected chi connectivity index (χ1v) is 6.83. The molecule has 0 aromatic heterocycles. The summed E-state index contributed by atoms with van der Waals surface area (Å²) in [4.78, 5) is 0. The molecule has 7 heteroatoms. The lowest BCUT2D eigenvalue weighted by molar-refractivity contribution is -0.205. The minimum atomic E-state index is -1.28. The van der Waals surface area contributed by atoms with Crippen LogP contribution in [-0.4, -0.2) is 68.4 Å². The minimum Gasteiger partial charge on any atom is -0.394 e. The predicted molar refractivity (Wildman–Crippen MR) is 64.7 cm³/mol. The van der Waals surface area contributed by atoms with Gasteiger partial charge in [0, 0.05) is 0 Å². The van der Waals surface area contributed by atoms with Crippen molar-refractivity contribution in [1.29, 1.82) is 0 Å². The standard InChI is InChI=1S/C9H18O5S2/c10-4-5-6(11)7(12)8(13)9(14-5)16-3-1-2-15/h5-13,15H,1-4H2/t5-,6-,7+,8-,9+/m1/s1. The summed E-state index contributed by atoms with van der Waals surface area (Å²) in [6.45, 7) is -0.380. The number of thiol groups is 1.